The van der Waals surface area contributed by atoms with Crippen LogP contribution < -0.4 is 24.3 Å². The molecule has 0 saturated heterocycles. The Morgan fingerprint density at radius 3 is 2.30 bits per heavy atom. The van der Waals surface area contributed by atoms with Crippen molar-refractivity contribution >= 4 is 17.7 Å². The molecule has 0 aliphatic carbocycles. The molecule has 0 aliphatic heterocycles. The maximum absolute atomic E-state index is 12.3. The number of carbonyl (C=O) groups excluding carboxylic acids is 1. The van der Waals surface area contributed by atoms with Gasteiger partial charge in [0.05, 0.1) is 33.1 Å². The lowest BCUT2D eigenvalue weighted by molar-refractivity contribution is -0.111. The fraction of sp³-hybridized carbons (Fsp3) is 0.286. The standard InChI is InChI=1S/C21H25NO5/c1-5-26-16-9-11-18(27-6-2)17(14-16)22-21(23)12-8-15-7-10-19(24-3)20(13-15)25-4/h7-14H,5-6H2,1-4H3,(H,22,23)/b12-8+. The molecule has 2 rings (SSSR count). The number of benzene rings is 2. The van der Waals surface area contributed by atoms with Gasteiger partial charge in [0.2, 0.25) is 5.91 Å². The molecule has 2 aromatic rings. The summed E-state index contributed by atoms with van der Waals surface area (Å²) in [5, 5.41) is 2.83. The van der Waals surface area contributed by atoms with Gasteiger partial charge in [0.25, 0.3) is 0 Å². The van der Waals surface area contributed by atoms with E-state index in [4.69, 9.17) is 18.9 Å². The van der Waals surface area contributed by atoms with E-state index in [-0.39, 0.29) is 5.91 Å². The fourth-order valence-electron chi connectivity index (χ4n) is 2.45. The minimum atomic E-state index is -0.278. The molecule has 0 heterocycles. The Kier molecular flexibility index (Phi) is 7.55. The molecule has 0 aliphatic rings. The molecule has 6 nitrogen and oxygen atoms in total. The zero-order valence-corrected chi connectivity index (χ0v) is 16.1. The molecule has 0 unspecified atom stereocenters. The van der Waals surface area contributed by atoms with Gasteiger partial charge in [-0.3, -0.25) is 4.79 Å². The van der Waals surface area contributed by atoms with Crippen molar-refractivity contribution in [2.24, 2.45) is 0 Å². The first kappa shape index (κ1) is 20.2. The molecule has 6 heteroatoms. The third-order valence-electron chi connectivity index (χ3n) is 3.65. The van der Waals surface area contributed by atoms with E-state index in [0.29, 0.717) is 41.9 Å². The number of ether oxygens (including phenoxy) is 4. The maximum atomic E-state index is 12.3. The molecule has 27 heavy (non-hydrogen) atoms. The zero-order chi connectivity index (χ0) is 19.6. The van der Waals surface area contributed by atoms with Crippen LogP contribution in [0.3, 0.4) is 0 Å². The Bertz CT molecular complexity index is 801. The van der Waals surface area contributed by atoms with Gasteiger partial charge in [0.1, 0.15) is 11.5 Å². The molecule has 2 aromatic carbocycles. The van der Waals surface area contributed by atoms with Crippen molar-refractivity contribution in [3.63, 3.8) is 0 Å². The van der Waals surface area contributed by atoms with Crippen LogP contribution in [0.1, 0.15) is 19.4 Å². The van der Waals surface area contributed by atoms with Crippen molar-refractivity contribution in [1.29, 1.82) is 0 Å². The average molecular weight is 371 g/mol. The number of rotatable bonds is 9. The number of nitrogens with one attached hydrogen (secondary N) is 1. The van der Waals surface area contributed by atoms with Crippen LogP contribution in [-0.4, -0.2) is 33.3 Å². The summed E-state index contributed by atoms with van der Waals surface area (Å²) in [6.07, 6.45) is 3.15. The predicted octanol–water partition coefficient (Wildman–Crippen LogP) is 4.15. The summed E-state index contributed by atoms with van der Waals surface area (Å²) in [5.74, 6) is 2.21. The highest BCUT2D eigenvalue weighted by Crippen LogP contribution is 2.30. The quantitative estimate of drug-likeness (QED) is 0.671. The van der Waals surface area contributed by atoms with E-state index >= 15 is 0 Å². The van der Waals surface area contributed by atoms with E-state index in [0.717, 1.165) is 5.56 Å². The number of anilines is 1. The van der Waals surface area contributed by atoms with Gasteiger partial charge in [-0.25, -0.2) is 0 Å². The Morgan fingerprint density at radius 1 is 0.926 bits per heavy atom. The highest BCUT2D eigenvalue weighted by Gasteiger charge is 2.09. The molecule has 0 saturated carbocycles. The molecule has 0 fully saturated rings. The van der Waals surface area contributed by atoms with Crippen LogP contribution in [0.4, 0.5) is 5.69 Å². The summed E-state index contributed by atoms with van der Waals surface area (Å²) in [6.45, 7) is 4.83. The summed E-state index contributed by atoms with van der Waals surface area (Å²) in [5.41, 5.74) is 1.38. The smallest absolute Gasteiger partial charge is 0.248 e. The van der Waals surface area contributed by atoms with Gasteiger partial charge in [-0.15, -0.1) is 0 Å². The molecule has 1 N–H and O–H groups in total. The fourth-order valence-corrected chi connectivity index (χ4v) is 2.45. The van der Waals surface area contributed by atoms with Crippen molar-refractivity contribution in [3.8, 4) is 23.0 Å². The van der Waals surface area contributed by atoms with Crippen LogP contribution in [0.5, 0.6) is 23.0 Å². The lowest BCUT2D eigenvalue weighted by Crippen LogP contribution is -2.10. The number of amides is 1. The Morgan fingerprint density at radius 2 is 1.63 bits per heavy atom. The molecule has 0 radical (unpaired) electrons. The van der Waals surface area contributed by atoms with Crippen molar-refractivity contribution in [3.05, 3.63) is 48.0 Å². The Hall–Kier alpha value is -3.15. The van der Waals surface area contributed by atoms with E-state index in [2.05, 4.69) is 5.32 Å². The van der Waals surface area contributed by atoms with Crippen LogP contribution in [0.25, 0.3) is 6.08 Å². The van der Waals surface area contributed by atoms with E-state index in [1.165, 1.54) is 6.08 Å². The molecule has 0 aromatic heterocycles. The highest BCUT2D eigenvalue weighted by atomic mass is 16.5. The Balaban J connectivity index is 2.14. The van der Waals surface area contributed by atoms with Crippen molar-refractivity contribution in [1.82, 2.24) is 0 Å². The van der Waals surface area contributed by atoms with Crippen molar-refractivity contribution < 1.29 is 23.7 Å². The van der Waals surface area contributed by atoms with Crippen LogP contribution in [-0.2, 0) is 4.79 Å². The molecular weight excluding hydrogens is 346 g/mol. The second-order valence-electron chi connectivity index (χ2n) is 5.46. The monoisotopic (exact) mass is 371 g/mol. The van der Waals surface area contributed by atoms with Gasteiger partial charge < -0.3 is 24.3 Å². The zero-order valence-electron chi connectivity index (χ0n) is 16.1. The maximum Gasteiger partial charge on any atom is 0.248 e. The number of hydrogen-bond donors (Lipinski definition) is 1. The number of hydrogen-bond acceptors (Lipinski definition) is 5. The SMILES string of the molecule is CCOc1ccc(OCC)c(NC(=O)/C=C/c2ccc(OC)c(OC)c2)c1. The number of carbonyl (C=O) groups is 1. The molecule has 144 valence electrons. The largest absolute Gasteiger partial charge is 0.494 e. The van der Waals surface area contributed by atoms with Gasteiger partial charge in [-0.05, 0) is 49.8 Å². The van der Waals surface area contributed by atoms with Gasteiger partial charge in [-0.1, -0.05) is 6.07 Å². The second-order valence-corrected chi connectivity index (χ2v) is 5.46. The lowest BCUT2D eigenvalue weighted by Gasteiger charge is -2.12. The Labute approximate surface area is 159 Å². The second kappa shape index (κ2) is 10.1. The van der Waals surface area contributed by atoms with Gasteiger partial charge in [0, 0.05) is 12.1 Å². The van der Waals surface area contributed by atoms with E-state index in [1.807, 2.05) is 26.0 Å². The molecular formula is C21H25NO5. The summed E-state index contributed by atoms with van der Waals surface area (Å²) in [4.78, 5) is 12.3. The normalized spacial score (nSPS) is 10.5. The predicted molar refractivity (Wildman–Crippen MR) is 106 cm³/mol. The minimum Gasteiger partial charge on any atom is -0.494 e. The average Bonchev–Trinajstić information content (AvgIpc) is 2.68. The van der Waals surface area contributed by atoms with Crippen LogP contribution in [0, 0.1) is 0 Å². The third-order valence-corrected chi connectivity index (χ3v) is 3.65. The minimum absolute atomic E-state index is 0.278. The summed E-state index contributed by atoms with van der Waals surface area (Å²) in [6, 6.07) is 10.8. The summed E-state index contributed by atoms with van der Waals surface area (Å²) < 4.78 is 21.5. The van der Waals surface area contributed by atoms with E-state index < -0.39 is 0 Å². The summed E-state index contributed by atoms with van der Waals surface area (Å²) >= 11 is 0. The van der Waals surface area contributed by atoms with Crippen LogP contribution in [0.15, 0.2) is 42.5 Å². The van der Waals surface area contributed by atoms with Crippen LogP contribution in [0.2, 0.25) is 0 Å². The van der Waals surface area contributed by atoms with Gasteiger partial charge in [-0.2, -0.15) is 0 Å². The molecule has 0 atom stereocenters. The topological polar surface area (TPSA) is 66.0 Å². The van der Waals surface area contributed by atoms with Crippen LogP contribution >= 0.6 is 0 Å². The lowest BCUT2D eigenvalue weighted by atomic mass is 10.2. The van der Waals surface area contributed by atoms with E-state index in [9.17, 15) is 4.79 Å². The van der Waals surface area contributed by atoms with Gasteiger partial charge in [0.15, 0.2) is 11.5 Å². The first-order chi connectivity index (χ1) is 13.1. The highest BCUT2D eigenvalue weighted by molar-refractivity contribution is 6.02. The third kappa shape index (κ3) is 5.67. The molecule has 0 spiro atoms. The van der Waals surface area contributed by atoms with Crippen molar-refractivity contribution in [2.75, 3.05) is 32.8 Å². The summed E-state index contributed by atoms with van der Waals surface area (Å²) in [7, 11) is 3.14. The first-order valence-corrected chi connectivity index (χ1v) is 8.72. The molecule has 0 bridgehead atoms. The van der Waals surface area contributed by atoms with Gasteiger partial charge >= 0.3 is 0 Å². The number of methoxy groups -OCH3 is 2. The van der Waals surface area contributed by atoms with Crippen molar-refractivity contribution in [2.45, 2.75) is 13.8 Å². The van der Waals surface area contributed by atoms with E-state index in [1.54, 1.807) is 44.6 Å². The first-order valence-electron chi connectivity index (χ1n) is 8.72. The molecule has 1 amide bonds.